The first-order chi connectivity index (χ1) is 11.8. The smallest absolute Gasteiger partial charge is 0.224 e. The topological polar surface area (TPSA) is 99.2 Å². The summed E-state index contributed by atoms with van der Waals surface area (Å²) in [5.74, 6) is 1.19. The highest BCUT2D eigenvalue weighted by molar-refractivity contribution is 5.75. The molecule has 0 saturated carbocycles. The van der Waals surface area contributed by atoms with Gasteiger partial charge in [-0.3, -0.25) is 4.68 Å². The molecular formula is C15H15N9. The molecule has 3 aromatic heterocycles. The van der Waals surface area contributed by atoms with Crippen LogP contribution in [-0.2, 0) is 6.54 Å². The summed E-state index contributed by atoms with van der Waals surface area (Å²) in [5.41, 5.74) is 1.72. The van der Waals surface area contributed by atoms with Crippen LogP contribution >= 0.6 is 0 Å². The molecule has 0 amide bonds. The molecule has 9 nitrogen and oxygen atoms in total. The van der Waals surface area contributed by atoms with Crippen LogP contribution in [0.25, 0.3) is 16.9 Å². The number of nitrogens with one attached hydrogen (secondary N) is 1. The molecule has 0 saturated heterocycles. The fourth-order valence-corrected chi connectivity index (χ4v) is 2.45. The van der Waals surface area contributed by atoms with Crippen molar-refractivity contribution in [2.75, 3.05) is 5.32 Å². The van der Waals surface area contributed by atoms with E-state index in [0.29, 0.717) is 18.3 Å². The lowest BCUT2D eigenvalue weighted by Crippen LogP contribution is -2.23. The summed E-state index contributed by atoms with van der Waals surface area (Å²) in [5, 5.41) is 15.7. The van der Waals surface area contributed by atoms with Crippen molar-refractivity contribution in [3.8, 4) is 5.82 Å². The zero-order valence-corrected chi connectivity index (χ0v) is 13.0. The van der Waals surface area contributed by atoms with Gasteiger partial charge in [-0.25, -0.2) is 9.97 Å². The van der Waals surface area contributed by atoms with Crippen LogP contribution in [0.5, 0.6) is 0 Å². The van der Waals surface area contributed by atoms with E-state index in [0.717, 1.165) is 11.0 Å². The van der Waals surface area contributed by atoms with E-state index in [9.17, 15) is 0 Å². The third-order valence-corrected chi connectivity index (χ3v) is 3.51. The van der Waals surface area contributed by atoms with Crippen LogP contribution in [0.3, 0.4) is 0 Å². The van der Waals surface area contributed by atoms with Crippen LogP contribution in [0.15, 0.2) is 49.2 Å². The molecule has 1 aromatic carbocycles. The molecule has 120 valence electrons. The Labute approximate surface area is 137 Å². The van der Waals surface area contributed by atoms with Gasteiger partial charge in [0.25, 0.3) is 0 Å². The SMILES string of the molecule is C[C@@H](Cn1cncn1)Nc1nccc(-n2nnc3ccccc32)n1. The van der Waals surface area contributed by atoms with Crippen molar-refractivity contribution in [3.05, 3.63) is 49.2 Å². The number of fused-ring (bicyclic) bond motifs is 1. The van der Waals surface area contributed by atoms with E-state index in [1.54, 1.807) is 28.0 Å². The van der Waals surface area contributed by atoms with Crippen LogP contribution in [0.2, 0.25) is 0 Å². The second-order valence-electron chi connectivity index (χ2n) is 5.39. The van der Waals surface area contributed by atoms with Crippen LogP contribution in [0.4, 0.5) is 5.95 Å². The lowest BCUT2D eigenvalue weighted by molar-refractivity contribution is 0.556. The third kappa shape index (κ3) is 2.78. The molecule has 24 heavy (non-hydrogen) atoms. The van der Waals surface area contributed by atoms with Gasteiger partial charge in [-0.05, 0) is 19.1 Å². The molecule has 0 spiro atoms. The molecule has 1 atom stereocenters. The number of anilines is 1. The minimum Gasteiger partial charge on any atom is -0.350 e. The van der Waals surface area contributed by atoms with Gasteiger partial charge in [0.05, 0.1) is 12.1 Å². The van der Waals surface area contributed by atoms with E-state index in [-0.39, 0.29) is 6.04 Å². The maximum atomic E-state index is 4.53. The molecule has 0 aliphatic rings. The summed E-state index contributed by atoms with van der Waals surface area (Å²) < 4.78 is 3.46. The number of para-hydroxylation sites is 1. The number of benzene rings is 1. The van der Waals surface area contributed by atoms with Crippen molar-refractivity contribution in [2.45, 2.75) is 19.5 Å². The van der Waals surface area contributed by atoms with Crippen molar-refractivity contribution < 1.29 is 0 Å². The van der Waals surface area contributed by atoms with Gasteiger partial charge in [0.1, 0.15) is 18.2 Å². The van der Waals surface area contributed by atoms with E-state index in [4.69, 9.17) is 0 Å². The minimum atomic E-state index is 0.0921. The van der Waals surface area contributed by atoms with Gasteiger partial charge in [0.15, 0.2) is 5.82 Å². The molecule has 0 aliphatic heterocycles. The Morgan fingerprint density at radius 1 is 1.21 bits per heavy atom. The Balaban J connectivity index is 1.57. The van der Waals surface area contributed by atoms with Crippen LogP contribution in [0.1, 0.15) is 6.92 Å². The average molecular weight is 321 g/mol. The number of nitrogens with zero attached hydrogens (tertiary/aromatic N) is 8. The van der Waals surface area contributed by atoms with Gasteiger partial charge in [0, 0.05) is 18.3 Å². The molecular weight excluding hydrogens is 306 g/mol. The Hall–Kier alpha value is -3.36. The zero-order chi connectivity index (χ0) is 16.4. The summed E-state index contributed by atoms with van der Waals surface area (Å²) in [6.45, 7) is 2.70. The van der Waals surface area contributed by atoms with E-state index >= 15 is 0 Å². The molecule has 9 heteroatoms. The predicted octanol–water partition coefficient (Wildman–Crippen LogP) is 1.30. The molecule has 4 rings (SSSR count). The van der Waals surface area contributed by atoms with Crippen molar-refractivity contribution in [2.24, 2.45) is 0 Å². The van der Waals surface area contributed by atoms with E-state index in [2.05, 4.69) is 35.7 Å². The van der Waals surface area contributed by atoms with Gasteiger partial charge in [-0.15, -0.1) is 5.10 Å². The quantitative estimate of drug-likeness (QED) is 0.591. The first-order valence-electron chi connectivity index (χ1n) is 7.52. The fourth-order valence-electron chi connectivity index (χ4n) is 2.45. The molecule has 0 unspecified atom stereocenters. The maximum absolute atomic E-state index is 4.53. The third-order valence-electron chi connectivity index (χ3n) is 3.51. The van der Waals surface area contributed by atoms with Crippen LogP contribution < -0.4 is 5.32 Å². The summed E-state index contributed by atoms with van der Waals surface area (Å²) in [7, 11) is 0. The highest BCUT2D eigenvalue weighted by Gasteiger charge is 2.10. The zero-order valence-electron chi connectivity index (χ0n) is 13.0. The largest absolute Gasteiger partial charge is 0.350 e. The van der Waals surface area contributed by atoms with E-state index in [1.807, 2.05) is 31.2 Å². The molecule has 3 heterocycles. The van der Waals surface area contributed by atoms with Gasteiger partial charge < -0.3 is 5.32 Å². The molecule has 1 N–H and O–H groups in total. The fraction of sp³-hybridized carbons (Fsp3) is 0.200. The number of hydrogen-bond donors (Lipinski definition) is 1. The summed E-state index contributed by atoms with van der Waals surface area (Å²) in [4.78, 5) is 12.7. The van der Waals surface area contributed by atoms with Gasteiger partial charge in [-0.1, -0.05) is 17.3 Å². The molecule has 0 fully saturated rings. The second kappa shape index (κ2) is 6.03. The lowest BCUT2D eigenvalue weighted by atomic mass is 10.3. The van der Waals surface area contributed by atoms with Gasteiger partial charge in [-0.2, -0.15) is 14.8 Å². The molecule has 4 aromatic rings. The van der Waals surface area contributed by atoms with E-state index in [1.165, 1.54) is 6.33 Å². The molecule has 0 aliphatic carbocycles. The Morgan fingerprint density at radius 3 is 3.00 bits per heavy atom. The summed E-state index contributed by atoms with van der Waals surface area (Å²) in [6.07, 6.45) is 4.89. The molecule has 0 bridgehead atoms. The molecule has 0 radical (unpaired) electrons. The first kappa shape index (κ1) is 14.2. The van der Waals surface area contributed by atoms with Crippen molar-refractivity contribution in [3.63, 3.8) is 0 Å². The minimum absolute atomic E-state index is 0.0921. The number of aromatic nitrogens is 8. The Kier molecular flexibility index (Phi) is 3.58. The second-order valence-corrected chi connectivity index (χ2v) is 5.39. The van der Waals surface area contributed by atoms with Gasteiger partial charge in [0.2, 0.25) is 5.95 Å². The standard InChI is InChI=1S/C15H15N9/c1-11(8-23-10-16-9-18-23)19-15-17-7-6-14(20-15)24-13-5-3-2-4-12(13)21-22-24/h2-7,9-11H,8H2,1H3,(H,17,19,20)/t11-/m0/s1. The predicted molar refractivity (Wildman–Crippen MR) is 87.6 cm³/mol. The Morgan fingerprint density at radius 2 is 2.12 bits per heavy atom. The Bertz CT molecular complexity index is 944. The normalized spacial score (nSPS) is 12.4. The monoisotopic (exact) mass is 321 g/mol. The van der Waals surface area contributed by atoms with E-state index < -0.39 is 0 Å². The highest BCUT2D eigenvalue weighted by atomic mass is 15.4. The lowest BCUT2D eigenvalue weighted by Gasteiger charge is -2.13. The number of rotatable bonds is 5. The van der Waals surface area contributed by atoms with Crippen molar-refractivity contribution >= 4 is 17.0 Å². The van der Waals surface area contributed by atoms with Crippen LogP contribution in [0, 0.1) is 0 Å². The van der Waals surface area contributed by atoms with Crippen LogP contribution in [-0.4, -0.2) is 45.8 Å². The maximum Gasteiger partial charge on any atom is 0.224 e. The summed E-state index contributed by atoms with van der Waals surface area (Å²) in [6, 6.07) is 9.64. The first-order valence-corrected chi connectivity index (χ1v) is 7.52. The van der Waals surface area contributed by atoms with Crippen molar-refractivity contribution in [1.29, 1.82) is 0 Å². The van der Waals surface area contributed by atoms with Crippen molar-refractivity contribution in [1.82, 2.24) is 39.7 Å². The van der Waals surface area contributed by atoms with Gasteiger partial charge >= 0.3 is 0 Å². The number of hydrogen-bond acceptors (Lipinski definition) is 7. The highest BCUT2D eigenvalue weighted by Crippen LogP contribution is 2.15. The summed E-state index contributed by atoms with van der Waals surface area (Å²) >= 11 is 0. The average Bonchev–Trinajstić information content (AvgIpc) is 3.24.